The van der Waals surface area contributed by atoms with Crippen molar-refractivity contribution in [2.75, 3.05) is 0 Å². The van der Waals surface area contributed by atoms with Crippen molar-refractivity contribution < 1.29 is 14.3 Å². The summed E-state index contributed by atoms with van der Waals surface area (Å²) in [6, 6.07) is 17.5. The first-order valence-electron chi connectivity index (χ1n) is 7.42. The van der Waals surface area contributed by atoms with Gasteiger partial charge < -0.3 is 10.1 Å². The summed E-state index contributed by atoms with van der Waals surface area (Å²) in [7, 11) is 0. The molecule has 24 heavy (non-hydrogen) atoms. The fourth-order valence-corrected chi connectivity index (χ4v) is 2.13. The zero-order valence-electron chi connectivity index (χ0n) is 12.8. The van der Waals surface area contributed by atoms with Crippen LogP contribution in [0, 0.1) is 0 Å². The second-order valence-corrected chi connectivity index (χ2v) is 5.10. The summed E-state index contributed by atoms with van der Waals surface area (Å²) in [4.78, 5) is 31.9. The smallest absolute Gasteiger partial charge is 0.408 e. The molecule has 0 spiro atoms. The van der Waals surface area contributed by atoms with Crippen molar-refractivity contribution in [1.82, 2.24) is 5.32 Å². The second kappa shape index (κ2) is 7.32. The molecule has 0 bridgehead atoms. The molecule has 6 heteroatoms. The van der Waals surface area contributed by atoms with Crippen LogP contribution in [0.4, 0.5) is 4.79 Å². The number of nitrogens with zero attached hydrogens (tertiary/aromatic N) is 2. The van der Waals surface area contributed by atoms with Gasteiger partial charge in [0.2, 0.25) is 0 Å². The lowest BCUT2D eigenvalue weighted by molar-refractivity contribution is -0.118. The number of alkyl carbamates (subject to hydrolysis) is 1. The van der Waals surface area contributed by atoms with Gasteiger partial charge in [-0.15, -0.1) is 0 Å². The van der Waals surface area contributed by atoms with Crippen LogP contribution in [0.15, 0.2) is 70.6 Å². The monoisotopic (exact) mass is 321 g/mol. The van der Waals surface area contributed by atoms with Crippen molar-refractivity contribution in [2.24, 2.45) is 9.98 Å². The van der Waals surface area contributed by atoms with E-state index in [0.717, 1.165) is 11.1 Å². The fourth-order valence-electron chi connectivity index (χ4n) is 2.13. The first-order valence-corrected chi connectivity index (χ1v) is 7.42. The highest BCUT2D eigenvalue weighted by Gasteiger charge is 2.23. The number of carbonyl (C=O) groups is 2. The van der Waals surface area contributed by atoms with Crippen molar-refractivity contribution >= 4 is 24.1 Å². The first kappa shape index (κ1) is 15.6. The van der Waals surface area contributed by atoms with Gasteiger partial charge in [0, 0.05) is 11.8 Å². The maximum Gasteiger partial charge on any atom is 0.408 e. The van der Waals surface area contributed by atoms with Crippen LogP contribution in [-0.2, 0) is 16.1 Å². The number of nitrogens with one attached hydrogen (secondary N) is 1. The summed E-state index contributed by atoms with van der Waals surface area (Å²) < 4.78 is 5.08. The van der Waals surface area contributed by atoms with Gasteiger partial charge in [0.1, 0.15) is 12.6 Å². The second-order valence-electron chi connectivity index (χ2n) is 5.10. The standard InChI is InChI=1S/C18H15N3O3/c22-17-15(11-19-16(21-17)14-9-5-2-6-10-14)20-18(23)24-12-13-7-3-1-4-8-13/h1-11,15H,12H2,(H,20,23). The van der Waals surface area contributed by atoms with Gasteiger partial charge in [0.15, 0.2) is 5.84 Å². The number of aliphatic imine (C=N–C) groups is 2. The van der Waals surface area contributed by atoms with Crippen molar-refractivity contribution in [3.63, 3.8) is 0 Å². The lowest BCUT2D eigenvalue weighted by Gasteiger charge is -2.15. The zero-order valence-corrected chi connectivity index (χ0v) is 12.8. The predicted octanol–water partition coefficient (Wildman–Crippen LogP) is 2.34. The van der Waals surface area contributed by atoms with Crippen LogP contribution in [0.25, 0.3) is 0 Å². The highest BCUT2D eigenvalue weighted by Crippen LogP contribution is 2.07. The molecule has 1 aliphatic rings. The third-order valence-electron chi connectivity index (χ3n) is 3.35. The minimum Gasteiger partial charge on any atom is -0.445 e. The average Bonchev–Trinajstić information content (AvgIpc) is 2.63. The average molecular weight is 321 g/mol. The molecule has 1 atom stereocenters. The summed E-state index contributed by atoms with van der Waals surface area (Å²) in [6.07, 6.45) is 0.670. The minimum atomic E-state index is -0.916. The molecule has 2 aromatic rings. The summed E-state index contributed by atoms with van der Waals surface area (Å²) in [5, 5.41) is 2.44. The molecule has 0 fully saturated rings. The maximum absolute atomic E-state index is 12.0. The Hall–Kier alpha value is -3.28. The first-order chi connectivity index (χ1) is 11.7. The Morgan fingerprint density at radius 3 is 2.38 bits per heavy atom. The fraction of sp³-hybridized carbons (Fsp3) is 0.111. The Bertz CT molecular complexity index is 786. The molecule has 3 rings (SSSR count). The number of carbonyl (C=O) groups excluding carboxylic acids is 2. The lowest BCUT2D eigenvalue weighted by Crippen LogP contribution is -2.43. The summed E-state index contributed by atoms with van der Waals surface area (Å²) in [5.74, 6) is -0.156. The van der Waals surface area contributed by atoms with Gasteiger partial charge in [0.05, 0.1) is 0 Å². The largest absolute Gasteiger partial charge is 0.445 e. The molecule has 1 heterocycles. The highest BCUT2D eigenvalue weighted by atomic mass is 16.5. The summed E-state index contributed by atoms with van der Waals surface area (Å²) in [5.41, 5.74) is 1.60. The van der Waals surface area contributed by atoms with E-state index in [0.29, 0.717) is 5.84 Å². The summed E-state index contributed by atoms with van der Waals surface area (Å²) in [6.45, 7) is 0.128. The Kier molecular flexibility index (Phi) is 4.76. The number of hydrogen-bond acceptors (Lipinski definition) is 4. The van der Waals surface area contributed by atoms with Crippen LogP contribution in [-0.4, -0.2) is 30.1 Å². The molecule has 0 aliphatic carbocycles. The van der Waals surface area contributed by atoms with Crippen LogP contribution in [0.5, 0.6) is 0 Å². The minimum absolute atomic E-state index is 0.128. The van der Waals surface area contributed by atoms with Gasteiger partial charge in [-0.05, 0) is 5.56 Å². The van der Waals surface area contributed by atoms with E-state index >= 15 is 0 Å². The molecule has 0 radical (unpaired) electrons. The Morgan fingerprint density at radius 1 is 1.04 bits per heavy atom. The Balaban J connectivity index is 1.56. The van der Waals surface area contributed by atoms with Crippen LogP contribution in [0.1, 0.15) is 11.1 Å². The molecule has 2 aromatic carbocycles. The van der Waals surface area contributed by atoms with Crippen molar-refractivity contribution in [3.05, 3.63) is 71.8 Å². The van der Waals surface area contributed by atoms with E-state index in [4.69, 9.17) is 4.74 Å². The number of benzene rings is 2. The van der Waals surface area contributed by atoms with Gasteiger partial charge in [0.25, 0.3) is 5.91 Å². The molecule has 0 aromatic heterocycles. The van der Waals surface area contributed by atoms with E-state index in [1.165, 1.54) is 6.21 Å². The lowest BCUT2D eigenvalue weighted by atomic mass is 10.2. The predicted molar refractivity (Wildman–Crippen MR) is 90.0 cm³/mol. The third kappa shape index (κ3) is 3.92. The molecule has 1 unspecified atom stereocenters. The maximum atomic E-state index is 12.0. The van der Waals surface area contributed by atoms with Crippen LogP contribution < -0.4 is 5.32 Å². The number of ether oxygens (including phenoxy) is 1. The Labute approximate surface area is 138 Å². The number of rotatable bonds is 4. The molecule has 0 saturated carbocycles. The number of amides is 2. The van der Waals surface area contributed by atoms with Gasteiger partial charge in [-0.1, -0.05) is 60.7 Å². The van der Waals surface area contributed by atoms with E-state index in [1.54, 1.807) is 0 Å². The molecule has 0 saturated heterocycles. The van der Waals surface area contributed by atoms with Crippen molar-refractivity contribution in [1.29, 1.82) is 0 Å². The molecule has 6 nitrogen and oxygen atoms in total. The molecule has 2 amide bonds. The molecular formula is C18H15N3O3. The van der Waals surface area contributed by atoms with Crippen molar-refractivity contribution in [2.45, 2.75) is 12.6 Å². The number of amidine groups is 1. The van der Waals surface area contributed by atoms with Crippen LogP contribution in [0.3, 0.4) is 0 Å². The van der Waals surface area contributed by atoms with E-state index in [-0.39, 0.29) is 6.61 Å². The SMILES string of the molecule is O=C(NC1C=NC(c2ccccc2)=NC1=O)OCc1ccccc1. The van der Waals surface area contributed by atoms with Gasteiger partial charge in [-0.2, -0.15) is 4.99 Å². The molecule has 1 N–H and O–H groups in total. The highest BCUT2D eigenvalue weighted by molar-refractivity contribution is 6.17. The summed E-state index contributed by atoms with van der Waals surface area (Å²) >= 11 is 0. The molecular weight excluding hydrogens is 306 g/mol. The molecule has 120 valence electrons. The van der Waals surface area contributed by atoms with Gasteiger partial charge in [-0.25, -0.2) is 9.79 Å². The Morgan fingerprint density at radius 2 is 1.71 bits per heavy atom. The van der Waals surface area contributed by atoms with E-state index in [9.17, 15) is 9.59 Å². The van der Waals surface area contributed by atoms with Crippen LogP contribution >= 0.6 is 0 Å². The van der Waals surface area contributed by atoms with Gasteiger partial charge in [-0.3, -0.25) is 4.79 Å². The van der Waals surface area contributed by atoms with Crippen molar-refractivity contribution in [3.8, 4) is 0 Å². The van der Waals surface area contributed by atoms with E-state index in [2.05, 4.69) is 15.3 Å². The quantitative estimate of drug-likeness (QED) is 0.938. The van der Waals surface area contributed by atoms with Gasteiger partial charge >= 0.3 is 6.09 Å². The van der Waals surface area contributed by atoms with E-state index in [1.807, 2.05) is 60.7 Å². The third-order valence-corrected chi connectivity index (χ3v) is 3.35. The molecule has 1 aliphatic heterocycles. The van der Waals surface area contributed by atoms with E-state index < -0.39 is 18.0 Å². The topological polar surface area (TPSA) is 80.1 Å². The number of hydrogen-bond donors (Lipinski definition) is 1. The zero-order chi connectivity index (χ0) is 16.8. The normalized spacial score (nSPS) is 16.4. The van der Waals surface area contributed by atoms with Crippen LogP contribution in [0.2, 0.25) is 0 Å².